The fourth-order valence-corrected chi connectivity index (χ4v) is 4.92. The molecule has 0 saturated heterocycles. The minimum Gasteiger partial charge on any atom is -0.483 e. The third kappa shape index (κ3) is 3.57. The lowest BCUT2D eigenvalue weighted by Gasteiger charge is -2.17. The number of aliphatic imine (C=N–C) groups is 1. The molecule has 0 saturated carbocycles. The van der Waals surface area contributed by atoms with Crippen molar-refractivity contribution in [3.63, 3.8) is 0 Å². The van der Waals surface area contributed by atoms with Crippen LogP contribution in [-0.4, -0.2) is 23.5 Å². The van der Waals surface area contributed by atoms with Crippen LogP contribution in [0.25, 0.3) is 5.57 Å². The van der Waals surface area contributed by atoms with Crippen molar-refractivity contribution in [2.45, 2.75) is 32.4 Å². The average molecular weight is 453 g/mol. The first-order valence-electron chi connectivity index (χ1n) is 10.3. The Bertz CT molecular complexity index is 1210. The molecule has 5 nitrogen and oxygen atoms in total. The Morgan fingerprint density at radius 2 is 2.10 bits per heavy atom. The molecule has 5 rings (SSSR count). The van der Waals surface area contributed by atoms with Gasteiger partial charge < -0.3 is 10.1 Å². The second-order valence-electron chi connectivity index (χ2n) is 7.77. The summed E-state index contributed by atoms with van der Waals surface area (Å²) in [6.07, 6.45) is 3.58. The summed E-state index contributed by atoms with van der Waals surface area (Å²) in [5, 5.41) is 12.5. The number of nitrogens with one attached hydrogen (secondary N) is 2. The standard InChI is InChI=1S/C24H22Cl2N4O/c1-3-16(17-5-4-14(25)11-21(17)27-2)18-10-15(26)8-13-9-22(31-24(13)18)23-19-12-28-7-6-20(19)29-30-23/h3-5,8,10-11,22,28H,2,6-7,9,12H2,1H3,(H,29,30)/b16-3+. The van der Waals surface area contributed by atoms with Gasteiger partial charge in [-0.05, 0) is 43.5 Å². The highest BCUT2D eigenvalue weighted by molar-refractivity contribution is 6.31. The number of aromatic amines is 1. The Morgan fingerprint density at radius 1 is 1.23 bits per heavy atom. The maximum absolute atomic E-state index is 6.53. The van der Waals surface area contributed by atoms with Crippen LogP contribution in [0.4, 0.5) is 5.69 Å². The number of hydrogen-bond acceptors (Lipinski definition) is 4. The molecule has 0 bridgehead atoms. The number of aromatic nitrogens is 2. The second-order valence-corrected chi connectivity index (χ2v) is 8.64. The molecule has 2 N–H and O–H groups in total. The van der Waals surface area contributed by atoms with Gasteiger partial charge in [0.15, 0.2) is 0 Å². The van der Waals surface area contributed by atoms with Gasteiger partial charge in [-0.15, -0.1) is 0 Å². The number of halogens is 2. The van der Waals surface area contributed by atoms with Crippen LogP contribution in [0.5, 0.6) is 5.75 Å². The molecule has 0 aliphatic carbocycles. The number of H-pyrrole nitrogens is 1. The van der Waals surface area contributed by atoms with Crippen molar-refractivity contribution in [3.8, 4) is 5.75 Å². The molecule has 7 heteroatoms. The van der Waals surface area contributed by atoms with E-state index in [1.165, 1.54) is 11.3 Å². The molecule has 2 aromatic carbocycles. The molecule has 1 atom stereocenters. The minimum absolute atomic E-state index is 0.146. The summed E-state index contributed by atoms with van der Waals surface area (Å²) in [7, 11) is 0. The van der Waals surface area contributed by atoms with Crippen molar-refractivity contribution >= 4 is 41.2 Å². The van der Waals surface area contributed by atoms with Gasteiger partial charge in [0.1, 0.15) is 17.5 Å². The maximum Gasteiger partial charge on any atom is 0.147 e. The zero-order chi connectivity index (χ0) is 21.5. The number of ether oxygens (including phenoxy) is 1. The first kappa shape index (κ1) is 20.3. The fourth-order valence-electron chi connectivity index (χ4n) is 4.51. The molecular formula is C24H22Cl2N4O. The SMILES string of the molecule is C=Nc1cc(Cl)ccc1/C(=C\C)c1cc(Cl)cc2c1OC(c1n[nH]c3c1CNCC3)C2. The van der Waals surface area contributed by atoms with E-state index in [0.717, 1.165) is 65.3 Å². The lowest BCUT2D eigenvalue weighted by atomic mass is 9.93. The van der Waals surface area contributed by atoms with E-state index in [9.17, 15) is 0 Å². The molecule has 158 valence electrons. The molecule has 2 aliphatic rings. The van der Waals surface area contributed by atoms with Crippen LogP contribution in [0.2, 0.25) is 10.0 Å². The summed E-state index contributed by atoms with van der Waals surface area (Å²) in [4.78, 5) is 4.18. The minimum atomic E-state index is -0.146. The molecule has 2 aliphatic heterocycles. The number of rotatable bonds is 4. The molecule has 3 heterocycles. The van der Waals surface area contributed by atoms with Crippen molar-refractivity contribution < 1.29 is 4.74 Å². The van der Waals surface area contributed by atoms with Crippen LogP contribution in [0, 0.1) is 0 Å². The highest BCUT2D eigenvalue weighted by Crippen LogP contribution is 2.46. The predicted octanol–water partition coefficient (Wildman–Crippen LogP) is 5.82. The van der Waals surface area contributed by atoms with E-state index in [1.54, 1.807) is 0 Å². The van der Waals surface area contributed by atoms with E-state index in [-0.39, 0.29) is 6.10 Å². The summed E-state index contributed by atoms with van der Waals surface area (Å²) in [5.74, 6) is 0.841. The lowest BCUT2D eigenvalue weighted by Crippen LogP contribution is -2.24. The van der Waals surface area contributed by atoms with Gasteiger partial charge in [0.2, 0.25) is 0 Å². The largest absolute Gasteiger partial charge is 0.483 e. The van der Waals surface area contributed by atoms with E-state index in [0.29, 0.717) is 10.0 Å². The summed E-state index contributed by atoms with van der Waals surface area (Å²) in [6, 6.07) is 9.55. The Balaban J connectivity index is 1.57. The molecule has 0 spiro atoms. The van der Waals surface area contributed by atoms with Crippen LogP contribution in [0.1, 0.15) is 46.7 Å². The van der Waals surface area contributed by atoms with E-state index >= 15 is 0 Å². The lowest BCUT2D eigenvalue weighted by molar-refractivity contribution is 0.231. The highest BCUT2D eigenvalue weighted by Gasteiger charge is 2.33. The number of benzene rings is 2. The number of hydrogen-bond donors (Lipinski definition) is 2. The highest BCUT2D eigenvalue weighted by atomic mass is 35.5. The van der Waals surface area contributed by atoms with Crippen LogP contribution in [0.15, 0.2) is 41.4 Å². The molecule has 1 unspecified atom stereocenters. The Labute approximate surface area is 191 Å². The van der Waals surface area contributed by atoms with Crippen molar-refractivity contribution in [2.75, 3.05) is 6.54 Å². The number of allylic oxidation sites excluding steroid dienone is 1. The molecule has 31 heavy (non-hydrogen) atoms. The molecule has 0 radical (unpaired) electrons. The summed E-state index contributed by atoms with van der Waals surface area (Å²) in [5.41, 5.74) is 8.03. The van der Waals surface area contributed by atoms with Crippen LogP contribution in [0.3, 0.4) is 0 Å². The van der Waals surface area contributed by atoms with Crippen molar-refractivity contribution in [2.24, 2.45) is 4.99 Å². The van der Waals surface area contributed by atoms with Gasteiger partial charge >= 0.3 is 0 Å². The normalized spacial score (nSPS) is 17.8. The van der Waals surface area contributed by atoms with Gasteiger partial charge in [0.05, 0.1) is 5.69 Å². The van der Waals surface area contributed by atoms with Gasteiger partial charge in [-0.1, -0.05) is 35.3 Å². The third-order valence-corrected chi connectivity index (χ3v) is 6.39. The van der Waals surface area contributed by atoms with E-state index < -0.39 is 0 Å². The molecular weight excluding hydrogens is 431 g/mol. The number of fused-ring (bicyclic) bond motifs is 2. The van der Waals surface area contributed by atoms with Gasteiger partial charge in [0.25, 0.3) is 0 Å². The third-order valence-electron chi connectivity index (χ3n) is 5.94. The smallest absolute Gasteiger partial charge is 0.147 e. The fraction of sp³-hybridized carbons (Fsp3) is 0.250. The topological polar surface area (TPSA) is 62.3 Å². The van der Waals surface area contributed by atoms with Crippen LogP contribution in [-0.2, 0) is 19.4 Å². The van der Waals surface area contributed by atoms with Gasteiger partial charge in [0, 0.05) is 63.9 Å². The van der Waals surface area contributed by atoms with Gasteiger partial charge in [-0.25, -0.2) is 0 Å². The molecule has 0 amide bonds. The summed E-state index contributed by atoms with van der Waals surface area (Å²) >= 11 is 12.7. The Kier molecular flexibility index (Phi) is 5.34. The zero-order valence-electron chi connectivity index (χ0n) is 17.1. The van der Waals surface area contributed by atoms with Crippen molar-refractivity contribution in [1.82, 2.24) is 15.5 Å². The first-order valence-corrected chi connectivity index (χ1v) is 11.0. The molecule has 0 fully saturated rings. The Morgan fingerprint density at radius 3 is 2.90 bits per heavy atom. The first-order chi connectivity index (χ1) is 15.1. The Hall–Kier alpha value is -2.60. The van der Waals surface area contributed by atoms with Crippen molar-refractivity contribution in [3.05, 3.63) is 80.1 Å². The van der Waals surface area contributed by atoms with E-state index in [2.05, 4.69) is 27.2 Å². The zero-order valence-corrected chi connectivity index (χ0v) is 18.6. The quantitative estimate of drug-likeness (QED) is 0.490. The molecule has 3 aromatic rings. The molecule has 1 aromatic heterocycles. The number of nitrogens with zero attached hydrogens (tertiary/aromatic N) is 2. The average Bonchev–Trinajstić information content (AvgIpc) is 3.38. The van der Waals surface area contributed by atoms with Crippen molar-refractivity contribution in [1.29, 1.82) is 0 Å². The summed E-state index contributed by atoms with van der Waals surface area (Å²) < 4.78 is 6.52. The van der Waals surface area contributed by atoms with Crippen LogP contribution < -0.4 is 10.1 Å². The van der Waals surface area contributed by atoms with E-state index in [4.69, 9.17) is 27.9 Å². The predicted molar refractivity (Wildman–Crippen MR) is 126 cm³/mol. The van der Waals surface area contributed by atoms with Crippen LogP contribution >= 0.6 is 23.2 Å². The maximum atomic E-state index is 6.53. The van der Waals surface area contributed by atoms with E-state index in [1.807, 2.05) is 43.3 Å². The summed E-state index contributed by atoms with van der Waals surface area (Å²) in [6.45, 7) is 7.47. The van der Waals surface area contributed by atoms with Gasteiger partial charge in [-0.3, -0.25) is 10.1 Å². The monoisotopic (exact) mass is 452 g/mol. The second kappa shape index (κ2) is 8.15. The van der Waals surface area contributed by atoms with Gasteiger partial charge in [-0.2, -0.15) is 5.10 Å².